The Morgan fingerprint density at radius 2 is 2.05 bits per heavy atom. The minimum atomic E-state index is -0.922. The third kappa shape index (κ3) is 2.50. The Morgan fingerprint density at radius 3 is 2.63 bits per heavy atom. The van der Waals surface area contributed by atoms with Gasteiger partial charge in [-0.05, 0) is 48.7 Å². The van der Waals surface area contributed by atoms with Crippen LogP contribution in [0.15, 0.2) is 30.5 Å². The highest BCUT2D eigenvalue weighted by atomic mass is 16.4. The fourth-order valence-electron chi connectivity index (χ4n) is 2.13. The van der Waals surface area contributed by atoms with Gasteiger partial charge in [0.1, 0.15) is 5.69 Å². The predicted molar refractivity (Wildman–Crippen MR) is 71.1 cm³/mol. The van der Waals surface area contributed by atoms with Crippen LogP contribution in [0.25, 0.3) is 0 Å². The number of benzene rings is 1. The van der Waals surface area contributed by atoms with Crippen molar-refractivity contribution in [2.45, 2.75) is 20.4 Å². The molecule has 0 spiro atoms. The van der Waals surface area contributed by atoms with E-state index in [1.807, 2.05) is 19.1 Å². The van der Waals surface area contributed by atoms with Crippen molar-refractivity contribution in [1.29, 1.82) is 5.26 Å². The number of nitriles is 1. The Labute approximate surface area is 111 Å². The van der Waals surface area contributed by atoms with Gasteiger partial charge in [0.2, 0.25) is 0 Å². The first-order valence-electron chi connectivity index (χ1n) is 5.91. The van der Waals surface area contributed by atoms with E-state index in [0.717, 1.165) is 16.7 Å². The molecule has 1 aromatic heterocycles. The summed E-state index contributed by atoms with van der Waals surface area (Å²) in [7, 11) is 0. The minimum absolute atomic E-state index is 0.309. The summed E-state index contributed by atoms with van der Waals surface area (Å²) in [4.78, 5) is 11.2. The van der Waals surface area contributed by atoms with Gasteiger partial charge in [-0.25, -0.2) is 4.79 Å². The molecule has 0 aliphatic rings. The molecule has 0 fully saturated rings. The third-order valence-corrected chi connectivity index (χ3v) is 3.18. The van der Waals surface area contributed by atoms with Gasteiger partial charge in [-0.15, -0.1) is 0 Å². The summed E-state index contributed by atoms with van der Waals surface area (Å²) in [6.07, 6.45) is 1.77. The fourth-order valence-corrected chi connectivity index (χ4v) is 2.13. The van der Waals surface area contributed by atoms with Crippen LogP contribution >= 0.6 is 0 Å². The van der Waals surface area contributed by atoms with Gasteiger partial charge in [-0.2, -0.15) is 5.26 Å². The highest BCUT2D eigenvalue weighted by Crippen LogP contribution is 2.16. The van der Waals surface area contributed by atoms with Crippen molar-refractivity contribution in [3.05, 3.63) is 58.4 Å². The normalized spacial score (nSPS) is 10.2. The zero-order valence-electron chi connectivity index (χ0n) is 10.8. The van der Waals surface area contributed by atoms with Crippen molar-refractivity contribution in [1.82, 2.24) is 4.57 Å². The number of hydrogen-bond donors (Lipinski definition) is 1. The molecule has 0 aliphatic heterocycles. The summed E-state index contributed by atoms with van der Waals surface area (Å²) >= 11 is 0. The second-order valence-electron chi connectivity index (χ2n) is 4.53. The number of carboxylic acids is 1. The smallest absolute Gasteiger partial charge is 0.352 e. The zero-order valence-corrected chi connectivity index (χ0v) is 10.8. The van der Waals surface area contributed by atoms with Gasteiger partial charge in [0.15, 0.2) is 0 Å². The molecule has 1 heterocycles. The van der Waals surface area contributed by atoms with Gasteiger partial charge in [0.25, 0.3) is 0 Å². The van der Waals surface area contributed by atoms with Gasteiger partial charge in [-0.1, -0.05) is 6.07 Å². The molecular formula is C15H14N2O2. The summed E-state index contributed by atoms with van der Waals surface area (Å²) < 4.78 is 1.71. The number of carboxylic acid groups (broad SMARTS) is 1. The first kappa shape index (κ1) is 12.9. The molecule has 2 rings (SSSR count). The van der Waals surface area contributed by atoms with Crippen molar-refractivity contribution in [3.63, 3.8) is 0 Å². The molecule has 0 saturated heterocycles. The summed E-state index contributed by atoms with van der Waals surface area (Å²) in [5.74, 6) is -0.922. The number of aryl methyl sites for hydroxylation is 2. The molecule has 96 valence electrons. The van der Waals surface area contributed by atoms with Gasteiger partial charge in [-0.3, -0.25) is 0 Å². The summed E-state index contributed by atoms with van der Waals surface area (Å²) in [5.41, 5.74) is 3.67. The lowest BCUT2D eigenvalue weighted by molar-refractivity contribution is 0.0685. The van der Waals surface area contributed by atoms with Crippen LogP contribution in [-0.4, -0.2) is 15.6 Å². The van der Waals surface area contributed by atoms with Crippen LogP contribution in [0, 0.1) is 25.2 Å². The van der Waals surface area contributed by atoms with Crippen molar-refractivity contribution in [2.24, 2.45) is 0 Å². The van der Waals surface area contributed by atoms with Crippen molar-refractivity contribution >= 4 is 5.97 Å². The van der Waals surface area contributed by atoms with E-state index in [2.05, 4.69) is 6.07 Å². The van der Waals surface area contributed by atoms with E-state index in [-0.39, 0.29) is 0 Å². The van der Waals surface area contributed by atoms with Gasteiger partial charge >= 0.3 is 5.97 Å². The highest BCUT2D eigenvalue weighted by Gasteiger charge is 2.13. The third-order valence-electron chi connectivity index (χ3n) is 3.18. The van der Waals surface area contributed by atoms with Gasteiger partial charge in [0.05, 0.1) is 11.6 Å². The van der Waals surface area contributed by atoms with E-state index < -0.39 is 5.97 Å². The maximum atomic E-state index is 11.2. The Kier molecular flexibility index (Phi) is 3.39. The predicted octanol–water partition coefficient (Wildman–Crippen LogP) is 2.72. The van der Waals surface area contributed by atoms with Crippen LogP contribution in [-0.2, 0) is 6.54 Å². The number of hydrogen-bond acceptors (Lipinski definition) is 2. The van der Waals surface area contributed by atoms with E-state index in [9.17, 15) is 9.90 Å². The first-order valence-corrected chi connectivity index (χ1v) is 5.91. The molecule has 1 N–H and O–H groups in total. The molecular weight excluding hydrogens is 240 g/mol. The van der Waals surface area contributed by atoms with Crippen LogP contribution in [0.1, 0.15) is 32.7 Å². The Balaban J connectivity index is 2.37. The van der Waals surface area contributed by atoms with Crippen molar-refractivity contribution in [3.8, 4) is 6.07 Å². The molecule has 0 atom stereocenters. The quantitative estimate of drug-likeness (QED) is 0.915. The van der Waals surface area contributed by atoms with E-state index in [1.165, 1.54) is 0 Å². The molecule has 0 radical (unpaired) electrons. The first-order chi connectivity index (χ1) is 9.02. The zero-order chi connectivity index (χ0) is 14.0. The van der Waals surface area contributed by atoms with Crippen LogP contribution in [0.2, 0.25) is 0 Å². The summed E-state index contributed by atoms with van der Waals surface area (Å²) in [6.45, 7) is 4.20. The number of nitrogens with zero attached hydrogens (tertiary/aromatic N) is 2. The van der Waals surface area contributed by atoms with Crippen LogP contribution in [0.5, 0.6) is 0 Å². The molecule has 2 aromatic rings. The van der Waals surface area contributed by atoms with E-state index >= 15 is 0 Å². The largest absolute Gasteiger partial charge is 0.477 e. The SMILES string of the molecule is Cc1cc(C#N)ccc1Cn1ccc(C)c1C(=O)O. The molecule has 1 aromatic carbocycles. The van der Waals surface area contributed by atoms with E-state index in [4.69, 9.17) is 5.26 Å². The Hall–Kier alpha value is -2.54. The van der Waals surface area contributed by atoms with Crippen molar-refractivity contribution < 1.29 is 9.90 Å². The standard InChI is InChI=1S/C15H14N2O2/c1-10-5-6-17(14(10)15(18)19)9-13-4-3-12(8-16)7-11(13)2/h3-7H,9H2,1-2H3,(H,18,19). The maximum absolute atomic E-state index is 11.2. The monoisotopic (exact) mass is 254 g/mol. The van der Waals surface area contributed by atoms with Gasteiger partial charge in [0, 0.05) is 12.7 Å². The number of rotatable bonds is 3. The number of carbonyl (C=O) groups is 1. The lowest BCUT2D eigenvalue weighted by Gasteiger charge is -2.10. The van der Waals surface area contributed by atoms with Crippen LogP contribution in [0.4, 0.5) is 0 Å². The van der Waals surface area contributed by atoms with Crippen LogP contribution < -0.4 is 0 Å². The lowest BCUT2D eigenvalue weighted by Crippen LogP contribution is -2.10. The van der Waals surface area contributed by atoms with E-state index in [1.54, 1.807) is 29.8 Å². The number of aromatic nitrogens is 1. The molecule has 4 heteroatoms. The Morgan fingerprint density at radius 1 is 1.32 bits per heavy atom. The molecule has 0 amide bonds. The number of aromatic carboxylic acids is 1. The van der Waals surface area contributed by atoms with E-state index in [0.29, 0.717) is 17.8 Å². The Bertz CT molecular complexity index is 678. The average molecular weight is 254 g/mol. The topological polar surface area (TPSA) is 66.0 Å². The van der Waals surface area contributed by atoms with Gasteiger partial charge < -0.3 is 9.67 Å². The average Bonchev–Trinajstić information content (AvgIpc) is 2.73. The molecule has 4 nitrogen and oxygen atoms in total. The fraction of sp³-hybridized carbons (Fsp3) is 0.200. The van der Waals surface area contributed by atoms with Crippen molar-refractivity contribution in [2.75, 3.05) is 0 Å². The molecule has 0 unspecified atom stereocenters. The summed E-state index contributed by atoms with van der Waals surface area (Å²) in [5, 5.41) is 18.0. The second-order valence-corrected chi connectivity index (χ2v) is 4.53. The summed E-state index contributed by atoms with van der Waals surface area (Å²) in [6, 6.07) is 9.32. The molecule has 0 aliphatic carbocycles. The second kappa shape index (κ2) is 4.99. The minimum Gasteiger partial charge on any atom is -0.477 e. The molecule has 0 bridgehead atoms. The molecule has 19 heavy (non-hydrogen) atoms. The highest BCUT2D eigenvalue weighted by molar-refractivity contribution is 5.87. The molecule has 0 saturated carbocycles. The lowest BCUT2D eigenvalue weighted by atomic mass is 10.1. The maximum Gasteiger partial charge on any atom is 0.352 e. The van der Waals surface area contributed by atoms with Crippen LogP contribution in [0.3, 0.4) is 0 Å².